The zero-order valence-corrected chi connectivity index (χ0v) is 12.2. The standard InChI is InChI=1S/C16H15N5O/c1-21-9-14(19-20-21)11-4-5-12-8-17-16(18-13(12)6-11)7-15(22)10-2-3-10/h4-6,8-10H,2-3,7H2,1H3. The van der Waals surface area contributed by atoms with Crippen LogP contribution in [-0.4, -0.2) is 30.7 Å². The highest BCUT2D eigenvalue weighted by Crippen LogP contribution is 2.30. The molecule has 1 saturated carbocycles. The Morgan fingerprint density at radius 2 is 2.23 bits per heavy atom. The number of hydrogen-bond donors (Lipinski definition) is 0. The van der Waals surface area contributed by atoms with E-state index in [4.69, 9.17) is 0 Å². The van der Waals surface area contributed by atoms with Crippen LogP contribution in [0.15, 0.2) is 30.6 Å². The number of carbonyl (C=O) groups excluding carboxylic acids is 1. The number of Topliss-reactive ketones (excluding diaryl/α,β-unsaturated/α-hetero) is 1. The average Bonchev–Trinajstić information content (AvgIpc) is 3.28. The summed E-state index contributed by atoms with van der Waals surface area (Å²) in [7, 11) is 1.83. The first-order valence-corrected chi connectivity index (χ1v) is 7.34. The Hall–Kier alpha value is -2.63. The van der Waals surface area contributed by atoms with E-state index in [1.165, 1.54) is 0 Å². The van der Waals surface area contributed by atoms with Gasteiger partial charge in [0, 0.05) is 30.1 Å². The molecule has 0 radical (unpaired) electrons. The third kappa shape index (κ3) is 2.47. The fourth-order valence-electron chi connectivity index (χ4n) is 2.49. The highest BCUT2D eigenvalue weighted by Gasteiger charge is 2.29. The first-order valence-electron chi connectivity index (χ1n) is 7.34. The molecule has 4 rings (SSSR count). The second-order valence-electron chi connectivity index (χ2n) is 5.75. The fourth-order valence-corrected chi connectivity index (χ4v) is 2.49. The van der Waals surface area contributed by atoms with Crippen molar-refractivity contribution >= 4 is 16.7 Å². The van der Waals surface area contributed by atoms with E-state index in [-0.39, 0.29) is 11.7 Å². The van der Waals surface area contributed by atoms with Crippen molar-refractivity contribution in [3.8, 4) is 11.3 Å². The third-order valence-electron chi connectivity index (χ3n) is 3.90. The monoisotopic (exact) mass is 293 g/mol. The topological polar surface area (TPSA) is 73.6 Å². The van der Waals surface area contributed by atoms with Gasteiger partial charge in [-0.3, -0.25) is 9.48 Å². The van der Waals surface area contributed by atoms with E-state index in [9.17, 15) is 4.79 Å². The van der Waals surface area contributed by atoms with Gasteiger partial charge in [0.2, 0.25) is 0 Å². The fraction of sp³-hybridized carbons (Fsp3) is 0.312. The molecule has 2 aromatic heterocycles. The van der Waals surface area contributed by atoms with Crippen LogP contribution in [0, 0.1) is 5.92 Å². The lowest BCUT2D eigenvalue weighted by molar-refractivity contribution is -0.119. The lowest BCUT2D eigenvalue weighted by atomic mass is 10.1. The smallest absolute Gasteiger partial charge is 0.143 e. The number of rotatable bonds is 4. The summed E-state index contributed by atoms with van der Waals surface area (Å²) in [6.45, 7) is 0. The van der Waals surface area contributed by atoms with E-state index >= 15 is 0 Å². The Balaban J connectivity index is 1.69. The first kappa shape index (κ1) is 13.1. The van der Waals surface area contributed by atoms with Crippen LogP contribution in [0.1, 0.15) is 18.7 Å². The molecular weight excluding hydrogens is 278 g/mol. The number of aromatic nitrogens is 5. The Kier molecular flexibility index (Phi) is 2.96. The largest absolute Gasteiger partial charge is 0.299 e. The summed E-state index contributed by atoms with van der Waals surface area (Å²) in [6.07, 6.45) is 6.00. The molecule has 6 heteroatoms. The van der Waals surface area contributed by atoms with Crippen LogP contribution in [0.5, 0.6) is 0 Å². The van der Waals surface area contributed by atoms with Gasteiger partial charge in [-0.25, -0.2) is 9.97 Å². The van der Waals surface area contributed by atoms with Crippen LogP contribution >= 0.6 is 0 Å². The lowest BCUT2D eigenvalue weighted by Crippen LogP contribution is -2.08. The predicted octanol–water partition coefficient (Wildman–Crippen LogP) is 1.95. The zero-order chi connectivity index (χ0) is 15.1. The van der Waals surface area contributed by atoms with Gasteiger partial charge in [-0.15, -0.1) is 5.10 Å². The minimum atomic E-state index is 0.241. The maximum absolute atomic E-state index is 11.9. The second kappa shape index (κ2) is 4.98. The Bertz CT molecular complexity index is 866. The van der Waals surface area contributed by atoms with E-state index in [1.54, 1.807) is 10.9 Å². The van der Waals surface area contributed by atoms with E-state index < -0.39 is 0 Å². The molecule has 1 aliphatic carbocycles. The van der Waals surface area contributed by atoms with Crippen LogP contribution < -0.4 is 0 Å². The van der Waals surface area contributed by atoms with Crippen molar-refractivity contribution < 1.29 is 4.79 Å². The van der Waals surface area contributed by atoms with Gasteiger partial charge in [0.1, 0.15) is 17.3 Å². The number of hydrogen-bond acceptors (Lipinski definition) is 5. The van der Waals surface area contributed by atoms with Gasteiger partial charge in [-0.2, -0.15) is 0 Å². The van der Waals surface area contributed by atoms with Crippen LogP contribution in [0.3, 0.4) is 0 Å². The number of benzene rings is 1. The second-order valence-corrected chi connectivity index (χ2v) is 5.75. The molecule has 2 heterocycles. The molecule has 0 bridgehead atoms. The maximum Gasteiger partial charge on any atom is 0.143 e. The molecule has 0 atom stereocenters. The minimum absolute atomic E-state index is 0.241. The summed E-state index contributed by atoms with van der Waals surface area (Å²) >= 11 is 0. The highest BCUT2D eigenvalue weighted by atomic mass is 16.1. The quantitative estimate of drug-likeness (QED) is 0.735. The van der Waals surface area contributed by atoms with Crippen molar-refractivity contribution in [1.29, 1.82) is 0 Å². The summed E-state index contributed by atoms with van der Waals surface area (Å²) in [6, 6.07) is 5.91. The summed E-state index contributed by atoms with van der Waals surface area (Å²) < 4.78 is 1.67. The van der Waals surface area contributed by atoms with Crippen LogP contribution in [0.4, 0.5) is 0 Å². The van der Waals surface area contributed by atoms with Gasteiger partial charge in [-0.1, -0.05) is 17.3 Å². The average molecular weight is 293 g/mol. The van der Waals surface area contributed by atoms with E-state index in [0.29, 0.717) is 12.2 Å². The van der Waals surface area contributed by atoms with Gasteiger partial charge in [0.25, 0.3) is 0 Å². The van der Waals surface area contributed by atoms with Crippen molar-refractivity contribution in [3.63, 3.8) is 0 Å². The van der Waals surface area contributed by atoms with Crippen LogP contribution in [-0.2, 0) is 18.3 Å². The number of nitrogens with zero attached hydrogens (tertiary/aromatic N) is 5. The number of ketones is 1. The number of carbonyl (C=O) groups is 1. The summed E-state index contributed by atoms with van der Waals surface area (Å²) in [4.78, 5) is 20.7. The molecule has 0 unspecified atom stereocenters. The van der Waals surface area contributed by atoms with E-state index in [2.05, 4.69) is 20.3 Å². The summed E-state index contributed by atoms with van der Waals surface area (Å²) in [5, 5.41) is 9.01. The van der Waals surface area contributed by atoms with Crippen molar-refractivity contribution in [2.75, 3.05) is 0 Å². The van der Waals surface area contributed by atoms with E-state index in [0.717, 1.165) is 35.0 Å². The summed E-state index contributed by atoms with van der Waals surface area (Å²) in [5.74, 6) is 1.09. The van der Waals surface area contributed by atoms with Crippen molar-refractivity contribution in [2.24, 2.45) is 13.0 Å². The predicted molar refractivity (Wildman–Crippen MR) is 81.0 cm³/mol. The lowest BCUT2D eigenvalue weighted by Gasteiger charge is -2.03. The molecule has 6 nitrogen and oxygen atoms in total. The normalized spacial score (nSPS) is 14.4. The van der Waals surface area contributed by atoms with Crippen molar-refractivity contribution in [1.82, 2.24) is 25.0 Å². The van der Waals surface area contributed by atoms with E-state index in [1.807, 2.05) is 31.4 Å². The van der Waals surface area contributed by atoms with Gasteiger partial charge in [-0.05, 0) is 18.9 Å². The Morgan fingerprint density at radius 3 is 2.95 bits per heavy atom. The molecule has 22 heavy (non-hydrogen) atoms. The molecule has 0 aliphatic heterocycles. The molecular formula is C16H15N5O. The third-order valence-corrected chi connectivity index (χ3v) is 3.90. The van der Waals surface area contributed by atoms with Crippen LogP contribution in [0.2, 0.25) is 0 Å². The first-order chi connectivity index (χ1) is 10.7. The molecule has 1 aliphatic rings. The SMILES string of the molecule is Cn1cc(-c2ccc3cnc(CC(=O)C4CC4)nc3c2)nn1. The van der Waals surface area contributed by atoms with Crippen molar-refractivity contribution in [2.45, 2.75) is 19.3 Å². The van der Waals surface area contributed by atoms with Gasteiger partial charge < -0.3 is 0 Å². The molecule has 1 aromatic carbocycles. The minimum Gasteiger partial charge on any atom is -0.299 e. The van der Waals surface area contributed by atoms with Gasteiger partial charge in [0.05, 0.1) is 18.1 Å². The van der Waals surface area contributed by atoms with Crippen LogP contribution in [0.25, 0.3) is 22.2 Å². The molecule has 110 valence electrons. The van der Waals surface area contributed by atoms with Gasteiger partial charge in [0.15, 0.2) is 0 Å². The molecule has 3 aromatic rings. The molecule has 1 fully saturated rings. The number of aryl methyl sites for hydroxylation is 1. The van der Waals surface area contributed by atoms with Gasteiger partial charge >= 0.3 is 0 Å². The Morgan fingerprint density at radius 1 is 1.36 bits per heavy atom. The molecule has 0 amide bonds. The zero-order valence-electron chi connectivity index (χ0n) is 12.2. The Labute approximate surface area is 127 Å². The highest BCUT2D eigenvalue weighted by molar-refractivity contribution is 5.86. The maximum atomic E-state index is 11.9. The van der Waals surface area contributed by atoms with Crippen molar-refractivity contribution in [3.05, 3.63) is 36.4 Å². The number of fused-ring (bicyclic) bond motifs is 1. The molecule has 0 saturated heterocycles. The molecule has 0 N–H and O–H groups in total. The summed E-state index contributed by atoms with van der Waals surface area (Å²) in [5.41, 5.74) is 2.59. The molecule has 0 spiro atoms.